The fourth-order valence-electron chi connectivity index (χ4n) is 0.567. The molecule has 0 heterocycles. The standard InChI is InChI=1S/C6H10ClNO2/c7-3-4-10-6(9)8-5-1-2-5/h5H,1-4H2,(H,8,9). The molecule has 0 spiro atoms. The van der Waals surface area contributed by atoms with E-state index in [0.717, 1.165) is 12.8 Å². The summed E-state index contributed by atoms with van der Waals surface area (Å²) in [6, 6.07) is 0.364. The van der Waals surface area contributed by atoms with Gasteiger partial charge in [0.05, 0.1) is 5.88 Å². The van der Waals surface area contributed by atoms with Gasteiger partial charge in [0, 0.05) is 6.04 Å². The third-order valence-corrected chi connectivity index (χ3v) is 1.36. The minimum atomic E-state index is -0.344. The number of alkyl halides is 1. The van der Waals surface area contributed by atoms with Crippen LogP contribution < -0.4 is 5.32 Å². The summed E-state index contributed by atoms with van der Waals surface area (Å²) in [5, 5.41) is 2.67. The maximum absolute atomic E-state index is 10.7. The van der Waals surface area contributed by atoms with Crippen molar-refractivity contribution in [2.75, 3.05) is 12.5 Å². The molecule has 1 aliphatic carbocycles. The van der Waals surface area contributed by atoms with Gasteiger partial charge in [0.2, 0.25) is 0 Å². The topological polar surface area (TPSA) is 38.3 Å². The van der Waals surface area contributed by atoms with Crippen molar-refractivity contribution >= 4 is 17.7 Å². The van der Waals surface area contributed by atoms with Crippen LogP contribution in [0.5, 0.6) is 0 Å². The molecule has 0 saturated heterocycles. The fourth-order valence-corrected chi connectivity index (χ4v) is 0.644. The summed E-state index contributed by atoms with van der Waals surface area (Å²) in [5.41, 5.74) is 0. The lowest BCUT2D eigenvalue weighted by Gasteiger charge is -2.02. The van der Waals surface area contributed by atoms with Crippen molar-refractivity contribution in [3.63, 3.8) is 0 Å². The van der Waals surface area contributed by atoms with Crippen molar-refractivity contribution in [3.05, 3.63) is 0 Å². The third-order valence-electron chi connectivity index (χ3n) is 1.21. The third kappa shape index (κ3) is 2.92. The largest absolute Gasteiger partial charge is 0.448 e. The second-order valence-electron chi connectivity index (χ2n) is 2.24. The summed E-state index contributed by atoms with van der Waals surface area (Å²) in [7, 11) is 0. The molecule has 1 rings (SSSR count). The Hall–Kier alpha value is -0.440. The van der Waals surface area contributed by atoms with Crippen molar-refractivity contribution < 1.29 is 9.53 Å². The lowest BCUT2D eigenvalue weighted by molar-refractivity contribution is 0.152. The van der Waals surface area contributed by atoms with Crippen LogP contribution in [0.3, 0.4) is 0 Å². The van der Waals surface area contributed by atoms with Crippen LogP contribution in [-0.2, 0) is 4.74 Å². The Labute approximate surface area is 64.7 Å². The zero-order valence-electron chi connectivity index (χ0n) is 5.60. The van der Waals surface area contributed by atoms with Gasteiger partial charge < -0.3 is 10.1 Å². The van der Waals surface area contributed by atoms with Gasteiger partial charge in [-0.15, -0.1) is 11.6 Å². The first-order valence-corrected chi connectivity index (χ1v) is 3.85. The first kappa shape index (κ1) is 7.66. The number of amides is 1. The van der Waals surface area contributed by atoms with Crippen molar-refractivity contribution in [2.45, 2.75) is 18.9 Å². The predicted octanol–water partition coefficient (Wildman–Crippen LogP) is 1.11. The van der Waals surface area contributed by atoms with Gasteiger partial charge in [-0.3, -0.25) is 0 Å². The van der Waals surface area contributed by atoms with Gasteiger partial charge in [-0.05, 0) is 12.8 Å². The van der Waals surface area contributed by atoms with Crippen LogP contribution in [0, 0.1) is 0 Å². The van der Waals surface area contributed by atoms with Gasteiger partial charge in [0.1, 0.15) is 6.61 Å². The van der Waals surface area contributed by atoms with Gasteiger partial charge >= 0.3 is 6.09 Å². The van der Waals surface area contributed by atoms with Crippen LogP contribution in [0.25, 0.3) is 0 Å². The zero-order chi connectivity index (χ0) is 7.40. The van der Waals surface area contributed by atoms with E-state index >= 15 is 0 Å². The van der Waals surface area contributed by atoms with E-state index in [2.05, 4.69) is 10.1 Å². The molecule has 1 amide bonds. The highest BCUT2D eigenvalue weighted by atomic mass is 35.5. The van der Waals surface area contributed by atoms with E-state index in [4.69, 9.17) is 11.6 Å². The second kappa shape index (κ2) is 3.66. The van der Waals surface area contributed by atoms with E-state index in [1.165, 1.54) is 0 Å². The van der Waals surface area contributed by atoms with Crippen LogP contribution in [0.2, 0.25) is 0 Å². The van der Waals surface area contributed by atoms with Gasteiger partial charge in [-0.1, -0.05) is 0 Å². The monoisotopic (exact) mass is 163 g/mol. The molecule has 3 nitrogen and oxygen atoms in total. The lowest BCUT2D eigenvalue weighted by Crippen LogP contribution is -2.26. The number of alkyl carbamates (subject to hydrolysis) is 1. The quantitative estimate of drug-likeness (QED) is 0.634. The molecule has 1 N–H and O–H groups in total. The smallest absolute Gasteiger partial charge is 0.407 e. The van der Waals surface area contributed by atoms with Crippen LogP contribution in [0.15, 0.2) is 0 Å². The molecule has 58 valence electrons. The number of nitrogens with one attached hydrogen (secondary N) is 1. The number of hydrogen-bond acceptors (Lipinski definition) is 2. The number of rotatable bonds is 3. The zero-order valence-corrected chi connectivity index (χ0v) is 6.36. The molecule has 10 heavy (non-hydrogen) atoms. The van der Waals surface area contributed by atoms with E-state index in [0.29, 0.717) is 18.5 Å². The first-order valence-electron chi connectivity index (χ1n) is 3.32. The molecule has 4 heteroatoms. The SMILES string of the molecule is O=C(NC1CC1)OCCCl. The number of ether oxygens (including phenoxy) is 1. The molecule has 0 aromatic carbocycles. The summed E-state index contributed by atoms with van der Waals surface area (Å²) in [6.45, 7) is 0.292. The molecule has 0 aliphatic heterocycles. The fraction of sp³-hybridized carbons (Fsp3) is 0.833. The molecule has 1 saturated carbocycles. The predicted molar refractivity (Wildman–Crippen MR) is 38.2 cm³/mol. The molecule has 0 bridgehead atoms. The van der Waals surface area contributed by atoms with Gasteiger partial charge in [0.25, 0.3) is 0 Å². The Morgan fingerprint density at radius 1 is 1.70 bits per heavy atom. The highest BCUT2D eigenvalue weighted by molar-refractivity contribution is 6.18. The van der Waals surface area contributed by atoms with E-state index in [9.17, 15) is 4.79 Å². The van der Waals surface area contributed by atoms with Crippen molar-refractivity contribution in [2.24, 2.45) is 0 Å². The molecule has 0 atom stereocenters. The Morgan fingerprint density at radius 3 is 2.90 bits per heavy atom. The summed E-state index contributed by atoms with van der Waals surface area (Å²) in [6.07, 6.45) is 1.81. The van der Waals surface area contributed by atoms with Gasteiger partial charge in [0.15, 0.2) is 0 Å². The molecule has 0 unspecified atom stereocenters. The average Bonchev–Trinajstić information content (AvgIpc) is 2.67. The summed E-state index contributed by atoms with van der Waals surface area (Å²) < 4.78 is 4.66. The maximum atomic E-state index is 10.7. The average molecular weight is 164 g/mol. The minimum absolute atomic E-state index is 0.292. The Kier molecular flexibility index (Phi) is 2.81. The number of carbonyl (C=O) groups is 1. The first-order chi connectivity index (χ1) is 4.83. The maximum Gasteiger partial charge on any atom is 0.407 e. The molecular formula is C6H10ClNO2. The highest BCUT2D eigenvalue weighted by Crippen LogP contribution is 2.18. The molecule has 0 radical (unpaired) electrons. The van der Waals surface area contributed by atoms with Crippen molar-refractivity contribution in [1.82, 2.24) is 5.32 Å². The van der Waals surface area contributed by atoms with E-state index in [1.807, 2.05) is 0 Å². The minimum Gasteiger partial charge on any atom is -0.448 e. The summed E-state index contributed by atoms with van der Waals surface area (Å²) in [5.74, 6) is 0.359. The molecular weight excluding hydrogens is 154 g/mol. The Morgan fingerprint density at radius 2 is 2.40 bits per heavy atom. The van der Waals surface area contributed by atoms with Crippen molar-refractivity contribution in [3.8, 4) is 0 Å². The Bertz CT molecular complexity index is 125. The number of halogens is 1. The van der Waals surface area contributed by atoms with E-state index < -0.39 is 0 Å². The van der Waals surface area contributed by atoms with Crippen LogP contribution >= 0.6 is 11.6 Å². The lowest BCUT2D eigenvalue weighted by atomic mass is 10.7. The molecule has 0 aromatic rings. The Balaban J connectivity index is 1.97. The van der Waals surface area contributed by atoms with E-state index in [1.54, 1.807) is 0 Å². The van der Waals surface area contributed by atoms with Crippen molar-refractivity contribution in [1.29, 1.82) is 0 Å². The normalized spacial score (nSPS) is 16.5. The molecule has 1 fully saturated rings. The molecule has 1 aliphatic rings. The van der Waals surface area contributed by atoms with Crippen LogP contribution in [0.4, 0.5) is 4.79 Å². The number of carbonyl (C=O) groups excluding carboxylic acids is 1. The van der Waals surface area contributed by atoms with E-state index in [-0.39, 0.29) is 6.09 Å². The summed E-state index contributed by atoms with van der Waals surface area (Å²) >= 11 is 5.29. The molecule has 0 aromatic heterocycles. The van der Waals surface area contributed by atoms with Crippen LogP contribution in [0.1, 0.15) is 12.8 Å². The number of hydrogen-bond donors (Lipinski definition) is 1. The summed E-state index contributed by atoms with van der Waals surface area (Å²) in [4.78, 5) is 10.7. The highest BCUT2D eigenvalue weighted by Gasteiger charge is 2.23. The van der Waals surface area contributed by atoms with Gasteiger partial charge in [-0.2, -0.15) is 0 Å². The van der Waals surface area contributed by atoms with Crippen LogP contribution in [-0.4, -0.2) is 24.6 Å². The second-order valence-corrected chi connectivity index (χ2v) is 2.62. The van der Waals surface area contributed by atoms with Gasteiger partial charge in [-0.25, -0.2) is 4.79 Å².